The number of carboxylic acids is 1. The number of rotatable bonds is 3. The van der Waals surface area contributed by atoms with Crippen LogP contribution < -0.4 is 4.74 Å². The summed E-state index contributed by atoms with van der Waals surface area (Å²) in [5, 5.41) is 11.0. The Hall–Kier alpha value is -2.88. The molecule has 0 spiro atoms. The van der Waals surface area contributed by atoms with E-state index in [9.17, 15) is 4.79 Å². The molecule has 0 bridgehead atoms. The van der Waals surface area contributed by atoms with Gasteiger partial charge in [0.25, 0.3) is 0 Å². The second-order valence-electron chi connectivity index (χ2n) is 4.72. The second-order valence-corrected chi connectivity index (χ2v) is 4.72. The Kier molecular flexibility index (Phi) is 3.28. The van der Waals surface area contributed by atoms with Crippen LogP contribution in [-0.4, -0.2) is 16.1 Å². The van der Waals surface area contributed by atoms with E-state index in [-0.39, 0.29) is 5.56 Å². The fraction of sp³-hybridized carbons (Fsp3) is 0.0588. The van der Waals surface area contributed by atoms with Crippen molar-refractivity contribution in [1.82, 2.24) is 4.98 Å². The molecule has 0 radical (unpaired) electrons. The van der Waals surface area contributed by atoms with Crippen LogP contribution in [0.15, 0.2) is 54.7 Å². The van der Waals surface area contributed by atoms with Gasteiger partial charge in [0.15, 0.2) is 0 Å². The highest BCUT2D eigenvalue weighted by Gasteiger charge is 2.09. The number of aromatic carboxylic acids is 1. The molecule has 0 fully saturated rings. The van der Waals surface area contributed by atoms with E-state index in [1.807, 2.05) is 30.3 Å². The fourth-order valence-corrected chi connectivity index (χ4v) is 2.22. The van der Waals surface area contributed by atoms with Gasteiger partial charge in [-0.15, -0.1) is 0 Å². The Morgan fingerprint density at radius 2 is 1.95 bits per heavy atom. The molecule has 3 aromatic rings. The first-order valence-corrected chi connectivity index (χ1v) is 6.51. The van der Waals surface area contributed by atoms with Crippen molar-refractivity contribution in [1.29, 1.82) is 0 Å². The minimum atomic E-state index is -0.942. The highest BCUT2D eigenvalue weighted by atomic mass is 16.5. The van der Waals surface area contributed by atoms with Crippen molar-refractivity contribution in [3.8, 4) is 11.6 Å². The summed E-state index contributed by atoms with van der Waals surface area (Å²) < 4.78 is 5.80. The highest BCUT2D eigenvalue weighted by molar-refractivity contribution is 5.89. The van der Waals surface area contributed by atoms with Crippen LogP contribution >= 0.6 is 0 Å². The number of carboxylic acid groups (broad SMARTS) is 1. The molecule has 2 aromatic carbocycles. The summed E-state index contributed by atoms with van der Waals surface area (Å²) in [6.45, 7) is 1.74. The lowest BCUT2D eigenvalue weighted by molar-refractivity contribution is 0.0696. The summed E-state index contributed by atoms with van der Waals surface area (Å²) >= 11 is 0. The van der Waals surface area contributed by atoms with Crippen LogP contribution in [0.4, 0.5) is 0 Å². The normalized spacial score (nSPS) is 10.5. The average molecular weight is 279 g/mol. The van der Waals surface area contributed by atoms with Crippen molar-refractivity contribution >= 4 is 16.7 Å². The topological polar surface area (TPSA) is 59.4 Å². The molecule has 1 heterocycles. The third-order valence-corrected chi connectivity index (χ3v) is 3.28. The number of aromatic nitrogens is 1. The van der Waals surface area contributed by atoms with E-state index in [0.29, 0.717) is 17.2 Å². The van der Waals surface area contributed by atoms with Crippen molar-refractivity contribution in [2.75, 3.05) is 0 Å². The van der Waals surface area contributed by atoms with Crippen LogP contribution in [0.25, 0.3) is 10.8 Å². The van der Waals surface area contributed by atoms with Crippen molar-refractivity contribution < 1.29 is 14.6 Å². The third-order valence-electron chi connectivity index (χ3n) is 3.28. The van der Waals surface area contributed by atoms with E-state index < -0.39 is 5.97 Å². The molecule has 0 saturated carbocycles. The summed E-state index contributed by atoms with van der Waals surface area (Å²) in [6.07, 6.45) is 1.69. The van der Waals surface area contributed by atoms with Crippen LogP contribution in [-0.2, 0) is 0 Å². The number of aryl methyl sites for hydroxylation is 1. The van der Waals surface area contributed by atoms with Crippen molar-refractivity contribution in [3.05, 3.63) is 65.9 Å². The molecule has 21 heavy (non-hydrogen) atoms. The zero-order valence-electron chi connectivity index (χ0n) is 11.4. The molecule has 3 rings (SSSR count). The molecule has 0 aliphatic carbocycles. The Balaban J connectivity index is 1.99. The van der Waals surface area contributed by atoms with Crippen LogP contribution in [0, 0.1) is 6.92 Å². The second kappa shape index (κ2) is 5.25. The molecule has 0 aliphatic heterocycles. The molecular weight excluding hydrogens is 266 g/mol. The predicted octanol–water partition coefficient (Wildman–Crippen LogP) is 4.03. The van der Waals surface area contributed by atoms with Gasteiger partial charge in [0, 0.05) is 11.6 Å². The number of hydrogen-bond acceptors (Lipinski definition) is 3. The molecule has 0 saturated heterocycles. The molecule has 0 unspecified atom stereocenters. The van der Waals surface area contributed by atoms with Gasteiger partial charge >= 0.3 is 5.97 Å². The lowest BCUT2D eigenvalue weighted by Crippen LogP contribution is -1.99. The van der Waals surface area contributed by atoms with Crippen LogP contribution in [0.1, 0.15) is 15.9 Å². The molecule has 0 atom stereocenters. The zero-order valence-corrected chi connectivity index (χ0v) is 11.4. The van der Waals surface area contributed by atoms with Gasteiger partial charge < -0.3 is 9.84 Å². The molecule has 0 aliphatic rings. The van der Waals surface area contributed by atoms with Gasteiger partial charge in [-0.05, 0) is 48.2 Å². The summed E-state index contributed by atoms with van der Waals surface area (Å²) in [7, 11) is 0. The van der Waals surface area contributed by atoms with Gasteiger partial charge in [-0.2, -0.15) is 0 Å². The van der Waals surface area contributed by atoms with Gasteiger partial charge in [-0.3, -0.25) is 0 Å². The minimum absolute atomic E-state index is 0.272. The molecule has 104 valence electrons. The number of benzene rings is 2. The number of carbonyl (C=O) groups is 1. The first kappa shape index (κ1) is 13.1. The highest BCUT2D eigenvalue weighted by Crippen LogP contribution is 2.28. The summed E-state index contributed by atoms with van der Waals surface area (Å²) in [4.78, 5) is 15.3. The monoisotopic (exact) mass is 279 g/mol. The summed E-state index contributed by atoms with van der Waals surface area (Å²) in [5.41, 5.74) is 0.925. The minimum Gasteiger partial charge on any atom is -0.478 e. The van der Waals surface area contributed by atoms with E-state index in [4.69, 9.17) is 9.84 Å². The Labute approximate surface area is 121 Å². The van der Waals surface area contributed by atoms with Crippen LogP contribution in [0.5, 0.6) is 11.6 Å². The predicted molar refractivity (Wildman–Crippen MR) is 80.0 cm³/mol. The SMILES string of the molecule is Cc1cc(Oc2nccc3ccccc23)ccc1C(=O)O. The van der Waals surface area contributed by atoms with Gasteiger partial charge in [-0.1, -0.05) is 18.2 Å². The maximum atomic E-state index is 11.0. The fourth-order valence-electron chi connectivity index (χ4n) is 2.22. The lowest BCUT2D eigenvalue weighted by atomic mass is 10.1. The summed E-state index contributed by atoms with van der Waals surface area (Å²) in [5.74, 6) is 0.138. The number of hydrogen-bond donors (Lipinski definition) is 1. The summed E-state index contributed by atoms with van der Waals surface area (Å²) in [6, 6.07) is 14.6. The Morgan fingerprint density at radius 3 is 2.71 bits per heavy atom. The molecule has 1 N–H and O–H groups in total. The van der Waals surface area contributed by atoms with Gasteiger partial charge in [0.1, 0.15) is 5.75 Å². The van der Waals surface area contributed by atoms with Gasteiger partial charge in [0.2, 0.25) is 5.88 Å². The van der Waals surface area contributed by atoms with E-state index in [2.05, 4.69) is 4.98 Å². The maximum Gasteiger partial charge on any atom is 0.335 e. The lowest BCUT2D eigenvalue weighted by Gasteiger charge is -2.09. The first-order valence-electron chi connectivity index (χ1n) is 6.51. The first-order chi connectivity index (χ1) is 10.1. The molecule has 1 aromatic heterocycles. The van der Waals surface area contributed by atoms with E-state index in [1.54, 1.807) is 25.3 Å². The smallest absolute Gasteiger partial charge is 0.335 e. The quantitative estimate of drug-likeness (QED) is 0.786. The zero-order chi connectivity index (χ0) is 14.8. The van der Waals surface area contributed by atoms with Crippen molar-refractivity contribution in [2.24, 2.45) is 0 Å². The van der Waals surface area contributed by atoms with E-state index in [1.165, 1.54) is 6.07 Å². The molecule has 0 amide bonds. The molecular formula is C17H13NO3. The number of fused-ring (bicyclic) bond motifs is 1. The largest absolute Gasteiger partial charge is 0.478 e. The number of pyridine rings is 1. The molecule has 4 nitrogen and oxygen atoms in total. The van der Waals surface area contributed by atoms with E-state index in [0.717, 1.165) is 10.8 Å². The van der Waals surface area contributed by atoms with E-state index >= 15 is 0 Å². The maximum absolute atomic E-state index is 11.0. The number of ether oxygens (including phenoxy) is 1. The van der Waals surface area contributed by atoms with Crippen molar-refractivity contribution in [2.45, 2.75) is 6.92 Å². The third kappa shape index (κ3) is 2.56. The standard InChI is InChI=1S/C17H13NO3/c1-11-10-13(6-7-14(11)17(19)20)21-16-15-5-3-2-4-12(15)8-9-18-16/h2-10H,1H3,(H,19,20). The van der Waals surface area contributed by atoms with Crippen LogP contribution in [0.2, 0.25) is 0 Å². The number of nitrogens with zero attached hydrogens (tertiary/aromatic N) is 1. The molecule has 4 heteroatoms. The Morgan fingerprint density at radius 1 is 1.14 bits per heavy atom. The van der Waals surface area contributed by atoms with Crippen LogP contribution in [0.3, 0.4) is 0 Å². The van der Waals surface area contributed by atoms with Gasteiger partial charge in [-0.25, -0.2) is 9.78 Å². The average Bonchev–Trinajstić information content (AvgIpc) is 2.47. The van der Waals surface area contributed by atoms with Crippen molar-refractivity contribution in [3.63, 3.8) is 0 Å². The Bertz CT molecular complexity index is 822. The van der Waals surface area contributed by atoms with Gasteiger partial charge in [0.05, 0.1) is 5.56 Å².